The summed E-state index contributed by atoms with van der Waals surface area (Å²) in [4.78, 5) is 37.9. The van der Waals surface area contributed by atoms with Crippen LogP contribution >= 0.6 is 11.6 Å². The van der Waals surface area contributed by atoms with Crippen molar-refractivity contribution in [1.29, 1.82) is 5.26 Å². The number of hydrogen-bond acceptors (Lipinski definition) is 4. The summed E-state index contributed by atoms with van der Waals surface area (Å²) >= 11 is 5.92. The molecular formula is C17H16ClN3O3. The zero-order chi connectivity index (χ0) is 17.3. The molecule has 124 valence electrons. The third-order valence-electron chi connectivity index (χ3n) is 4.61. The number of amides is 3. The van der Waals surface area contributed by atoms with Gasteiger partial charge in [0.2, 0.25) is 17.7 Å². The van der Waals surface area contributed by atoms with Crippen LogP contribution < -0.4 is 5.32 Å². The van der Waals surface area contributed by atoms with Gasteiger partial charge in [0, 0.05) is 5.69 Å². The lowest BCUT2D eigenvalue weighted by Gasteiger charge is -2.19. The van der Waals surface area contributed by atoms with Gasteiger partial charge in [-0.05, 0) is 31.0 Å². The maximum atomic E-state index is 12.3. The Kier molecular flexibility index (Phi) is 4.54. The molecular weight excluding hydrogens is 330 g/mol. The topological polar surface area (TPSA) is 90.3 Å². The highest BCUT2D eigenvalue weighted by Crippen LogP contribution is 2.37. The molecule has 6 nitrogen and oxygen atoms in total. The fourth-order valence-electron chi connectivity index (χ4n) is 3.41. The van der Waals surface area contributed by atoms with Crippen molar-refractivity contribution >= 4 is 35.0 Å². The Morgan fingerprint density at radius 1 is 1.25 bits per heavy atom. The van der Waals surface area contributed by atoms with E-state index in [1.807, 2.05) is 6.07 Å². The first kappa shape index (κ1) is 16.5. The molecule has 7 heteroatoms. The normalized spacial score (nSPS) is 22.9. The summed E-state index contributed by atoms with van der Waals surface area (Å²) in [5, 5.41) is 11.7. The number of nitrogens with one attached hydrogen (secondary N) is 1. The molecule has 2 fully saturated rings. The summed E-state index contributed by atoms with van der Waals surface area (Å²) in [5.74, 6) is -1.46. The van der Waals surface area contributed by atoms with Crippen LogP contribution in [0.1, 0.15) is 31.2 Å². The van der Waals surface area contributed by atoms with Crippen LogP contribution in [0.25, 0.3) is 0 Å². The van der Waals surface area contributed by atoms with Crippen LogP contribution in [-0.2, 0) is 14.4 Å². The Labute approximate surface area is 144 Å². The SMILES string of the molecule is N#Cc1ccc(NC(=O)CN2C(=O)[C@H]3CCCC[C@@H]3C2=O)cc1Cl. The molecule has 0 bridgehead atoms. The molecule has 24 heavy (non-hydrogen) atoms. The highest BCUT2D eigenvalue weighted by Gasteiger charge is 2.48. The number of halogens is 1. The maximum Gasteiger partial charge on any atom is 0.244 e. The molecule has 3 amide bonds. The second-order valence-electron chi connectivity index (χ2n) is 6.11. The molecule has 1 heterocycles. The summed E-state index contributed by atoms with van der Waals surface area (Å²) in [6.07, 6.45) is 3.34. The first-order valence-electron chi connectivity index (χ1n) is 7.86. The Morgan fingerprint density at radius 2 is 1.88 bits per heavy atom. The number of imide groups is 1. The standard InChI is InChI=1S/C17H16ClN3O3/c18-14-7-11(6-5-10(14)8-19)20-15(22)9-21-16(23)12-3-1-2-4-13(12)17(21)24/h5-7,12-13H,1-4,9H2,(H,20,22)/t12-,13-/m0/s1. The summed E-state index contributed by atoms with van der Waals surface area (Å²) in [5.41, 5.74) is 0.726. The van der Waals surface area contributed by atoms with Crippen molar-refractivity contribution in [1.82, 2.24) is 4.90 Å². The molecule has 1 saturated carbocycles. The number of benzene rings is 1. The third kappa shape index (κ3) is 3.00. The van der Waals surface area contributed by atoms with Gasteiger partial charge < -0.3 is 5.32 Å². The van der Waals surface area contributed by atoms with E-state index in [1.54, 1.807) is 6.07 Å². The van der Waals surface area contributed by atoms with Crippen LogP contribution in [0.4, 0.5) is 5.69 Å². The zero-order valence-electron chi connectivity index (χ0n) is 12.9. The van der Waals surface area contributed by atoms with Gasteiger partial charge in [-0.2, -0.15) is 5.26 Å². The fraction of sp³-hybridized carbons (Fsp3) is 0.412. The molecule has 0 aromatic heterocycles. The molecule has 1 N–H and O–H groups in total. The molecule has 2 atom stereocenters. The molecule has 1 aromatic rings. The lowest BCUT2D eigenvalue weighted by molar-refractivity contribution is -0.142. The first-order chi connectivity index (χ1) is 11.5. The maximum absolute atomic E-state index is 12.3. The molecule has 1 aromatic carbocycles. The summed E-state index contributed by atoms with van der Waals surface area (Å²) in [6.45, 7) is -0.289. The predicted molar refractivity (Wildman–Crippen MR) is 87.0 cm³/mol. The highest BCUT2D eigenvalue weighted by molar-refractivity contribution is 6.32. The first-order valence-corrected chi connectivity index (χ1v) is 8.24. The van der Waals surface area contributed by atoms with Crippen molar-refractivity contribution < 1.29 is 14.4 Å². The minimum atomic E-state index is -0.462. The van der Waals surface area contributed by atoms with Crippen molar-refractivity contribution in [2.45, 2.75) is 25.7 Å². The van der Waals surface area contributed by atoms with Crippen molar-refractivity contribution in [3.8, 4) is 6.07 Å². The van der Waals surface area contributed by atoms with E-state index in [-0.39, 0.29) is 35.2 Å². The van der Waals surface area contributed by atoms with Crippen LogP contribution in [0.5, 0.6) is 0 Å². The number of rotatable bonds is 3. The van der Waals surface area contributed by atoms with Gasteiger partial charge in [0.15, 0.2) is 0 Å². The van der Waals surface area contributed by atoms with Gasteiger partial charge in [-0.25, -0.2) is 0 Å². The second kappa shape index (κ2) is 6.62. The van der Waals surface area contributed by atoms with Gasteiger partial charge in [0.25, 0.3) is 0 Å². The largest absolute Gasteiger partial charge is 0.324 e. The number of anilines is 1. The Hall–Kier alpha value is -2.39. The summed E-state index contributed by atoms with van der Waals surface area (Å²) in [6, 6.07) is 6.45. The lowest BCUT2D eigenvalue weighted by Crippen LogP contribution is -2.38. The van der Waals surface area contributed by atoms with Gasteiger partial charge in [-0.3, -0.25) is 19.3 Å². The number of likely N-dealkylation sites (tertiary alicyclic amines) is 1. The molecule has 0 radical (unpaired) electrons. The van der Waals surface area contributed by atoms with Crippen molar-refractivity contribution in [2.75, 3.05) is 11.9 Å². The third-order valence-corrected chi connectivity index (χ3v) is 4.92. The average Bonchev–Trinajstić information content (AvgIpc) is 2.80. The van der Waals surface area contributed by atoms with E-state index in [1.165, 1.54) is 12.1 Å². The van der Waals surface area contributed by atoms with Gasteiger partial charge in [0.1, 0.15) is 12.6 Å². The van der Waals surface area contributed by atoms with Crippen LogP contribution in [0.3, 0.4) is 0 Å². The van der Waals surface area contributed by atoms with E-state index in [4.69, 9.17) is 16.9 Å². The van der Waals surface area contributed by atoms with Crippen LogP contribution in [0.2, 0.25) is 5.02 Å². The van der Waals surface area contributed by atoms with E-state index in [0.717, 1.165) is 30.6 Å². The van der Waals surface area contributed by atoms with Gasteiger partial charge in [0.05, 0.1) is 22.4 Å². The average molecular weight is 346 g/mol. The van der Waals surface area contributed by atoms with Crippen LogP contribution in [0.15, 0.2) is 18.2 Å². The monoisotopic (exact) mass is 345 g/mol. The molecule has 0 spiro atoms. The number of carbonyl (C=O) groups is 3. The minimum Gasteiger partial charge on any atom is -0.324 e. The fourth-order valence-corrected chi connectivity index (χ4v) is 3.64. The predicted octanol–water partition coefficient (Wildman–Crippen LogP) is 2.33. The summed E-state index contributed by atoms with van der Waals surface area (Å²) < 4.78 is 0. The molecule has 0 unspecified atom stereocenters. The highest BCUT2D eigenvalue weighted by atomic mass is 35.5. The number of nitrogens with zero attached hydrogens (tertiary/aromatic N) is 2. The van der Waals surface area contributed by atoms with E-state index < -0.39 is 5.91 Å². The smallest absolute Gasteiger partial charge is 0.244 e. The minimum absolute atomic E-state index is 0.231. The van der Waals surface area contributed by atoms with E-state index in [9.17, 15) is 14.4 Å². The zero-order valence-corrected chi connectivity index (χ0v) is 13.7. The molecule has 2 aliphatic rings. The molecule has 3 rings (SSSR count). The lowest BCUT2D eigenvalue weighted by atomic mass is 9.81. The van der Waals surface area contributed by atoms with Gasteiger partial charge >= 0.3 is 0 Å². The summed E-state index contributed by atoms with van der Waals surface area (Å²) in [7, 11) is 0. The van der Waals surface area contributed by atoms with Crippen molar-refractivity contribution in [3.05, 3.63) is 28.8 Å². The number of fused-ring (bicyclic) bond motifs is 1. The van der Waals surface area contributed by atoms with Crippen LogP contribution in [-0.4, -0.2) is 29.2 Å². The quantitative estimate of drug-likeness (QED) is 0.851. The van der Waals surface area contributed by atoms with Crippen molar-refractivity contribution in [3.63, 3.8) is 0 Å². The van der Waals surface area contributed by atoms with E-state index >= 15 is 0 Å². The van der Waals surface area contributed by atoms with Crippen LogP contribution in [0, 0.1) is 23.2 Å². The Balaban J connectivity index is 1.67. The Bertz CT molecular complexity index is 732. The van der Waals surface area contributed by atoms with Gasteiger partial charge in [-0.1, -0.05) is 24.4 Å². The van der Waals surface area contributed by atoms with Gasteiger partial charge in [-0.15, -0.1) is 0 Å². The van der Waals surface area contributed by atoms with Crippen molar-refractivity contribution in [2.24, 2.45) is 11.8 Å². The number of carbonyl (C=O) groups excluding carboxylic acids is 3. The number of nitriles is 1. The second-order valence-corrected chi connectivity index (χ2v) is 6.52. The number of hydrogen-bond donors (Lipinski definition) is 1. The molecule has 1 aliphatic carbocycles. The van der Waals surface area contributed by atoms with E-state index in [0.29, 0.717) is 11.3 Å². The van der Waals surface area contributed by atoms with E-state index in [2.05, 4.69) is 5.32 Å². The molecule has 1 aliphatic heterocycles. The Morgan fingerprint density at radius 3 is 2.42 bits per heavy atom. The molecule has 1 saturated heterocycles.